The average molecular weight is 200 g/mol. The Labute approximate surface area is 84.0 Å². The summed E-state index contributed by atoms with van der Waals surface area (Å²) in [6.45, 7) is 9.70. The maximum absolute atomic E-state index is 11.1. The van der Waals surface area contributed by atoms with E-state index in [1.807, 2.05) is 19.2 Å². The monoisotopic (exact) mass is 200 g/mol. The van der Waals surface area contributed by atoms with Crippen LogP contribution < -0.4 is 5.32 Å². The van der Waals surface area contributed by atoms with E-state index >= 15 is 0 Å². The van der Waals surface area contributed by atoms with Gasteiger partial charge in [0.05, 0.1) is 0 Å². The molecule has 0 atom stereocenters. The smallest absolute Gasteiger partial charge is 0.228 e. The molecule has 1 heterocycles. The zero-order valence-corrected chi connectivity index (χ0v) is 8.73. The molecule has 0 aliphatic carbocycles. The first-order chi connectivity index (χ1) is 6.20. The Kier molecular flexibility index (Phi) is 5.80. The van der Waals surface area contributed by atoms with E-state index in [0.29, 0.717) is 5.13 Å². The second kappa shape index (κ2) is 6.37. The summed E-state index contributed by atoms with van der Waals surface area (Å²) in [5.74, 6) is 0.0267. The molecule has 0 unspecified atom stereocenters. The van der Waals surface area contributed by atoms with Crippen LogP contribution in [0.4, 0.5) is 5.13 Å². The lowest BCUT2D eigenvalue weighted by molar-refractivity contribution is -0.118. The van der Waals surface area contributed by atoms with Crippen molar-refractivity contribution in [3.8, 4) is 0 Å². The fourth-order valence-corrected chi connectivity index (χ4v) is 1.07. The Bertz CT molecular complexity index is 249. The Morgan fingerprint density at radius 2 is 2.31 bits per heavy atom. The number of nitrogens with zero attached hydrogens (tertiary/aromatic N) is 1. The Morgan fingerprint density at radius 1 is 1.69 bits per heavy atom. The number of carbonyl (C=O) groups excluding carboxylic acids is 1. The highest BCUT2D eigenvalue weighted by Crippen LogP contribution is 2.11. The molecule has 13 heavy (non-hydrogen) atoms. The largest absolute Gasteiger partial charge is 0.302 e. The number of hydrogen-bond acceptors (Lipinski definition) is 3. The number of rotatable bonds is 2. The molecule has 0 radical (unpaired) electrons. The van der Waals surface area contributed by atoms with Gasteiger partial charge in [-0.15, -0.1) is 24.5 Å². The summed E-state index contributed by atoms with van der Waals surface area (Å²) in [4.78, 5) is 15.0. The molecule has 0 saturated heterocycles. The summed E-state index contributed by atoms with van der Waals surface area (Å²) >= 11 is 1.43. The van der Waals surface area contributed by atoms with Crippen LogP contribution in [0.5, 0.6) is 0 Å². The summed E-state index contributed by atoms with van der Waals surface area (Å²) < 4.78 is 0. The molecule has 1 aromatic rings. The highest BCUT2D eigenvalue weighted by atomic mass is 32.1. The van der Waals surface area contributed by atoms with Crippen molar-refractivity contribution in [3.05, 3.63) is 24.7 Å². The fourth-order valence-electron chi connectivity index (χ4n) is 0.535. The van der Waals surface area contributed by atoms with Gasteiger partial charge in [-0.2, -0.15) is 0 Å². The quantitative estimate of drug-likeness (QED) is 0.746. The van der Waals surface area contributed by atoms with E-state index in [2.05, 4.69) is 23.5 Å². The number of aromatic nitrogens is 1. The van der Waals surface area contributed by atoms with Gasteiger partial charge in [-0.25, -0.2) is 4.98 Å². The first-order valence-corrected chi connectivity index (χ1v) is 4.78. The van der Waals surface area contributed by atoms with Gasteiger partial charge in [0.25, 0.3) is 0 Å². The molecule has 0 saturated carbocycles. The molecule has 1 rings (SSSR count). The van der Waals surface area contributed by atoms with Crippen LogP contribution in [0.15, 0.2) is 24.7 Å². The van der Waals surface area contributed by atoms with Crippen LogP contribution >= 0.6 is 11.3 Å². The van der Waals surface area contributed by atoms with Gasteiger partial charge in [0.2, 0.25) is 5.91 Å². The van der Waals surface area contributed by atoms with E-state index in [4.69, 9.17) is 0 Å². The molecule has 4 heteroatoms. The van der Waals surface area contributed by atoms with Crippen LogP contribution in [0.25, 0.3) is 0 Å². The van der Waals surface area contributed by atoms with Gasteiger partial charge in [0.1, 0.15) is 0 Å². The third-order valence-corrected chi connectivity index (χ3v) is 1.88. The summed E-state index contributed by atoms with van der Waals surface area (Å²) in [5, 5.41) is 5.19. The molecule has 0 spiro atoms. The van der Waals surface area contributed by atoms with Crippen molar-refractivity contribution < 1.29 is 6.22 Å². The van der Waals surface area contributed by atoms with Crippen molar-refractivity contribution in [2.75, 3.05) is 5.32 Å². The molecule has 74 valence electrons. The lowest BCUT2D eigenvalue weighted by Gasteiger charge is -2.02. The second-order valence-electron chi connectivity index (χ2n) is 2.48. The van der Waals surface area contributed by atoms with E-state index in [1.165, 1.54) is 11.3 Å². The summed E-state index contributed by atoms with van der Waals surface area (Å²) in [6.07, 6.45) is 1.67. The molecular weight excluding hydrogens is 184 g/mol. The molecule has 0 aliphatic heterocycles. The molecular formula is C9H16N2OS. The van der Waals surface area contributed by atoms with Crippen LogP contribution in [0.1, 0.15) is 15.3 Å². The summed E-state index contributed by atoms with van der Waals surface area (Å²) in [6, 6.07) is 0. The van der Waals surface area contributed by atoms with Crippen LogP contribution in [0, 0.1) is 5.92 Å². The van der Waals surface area contributed by atoms with Gasteiger partial charge in [0, 0.05) is 18.9 Å². The minimum absolute atomic E-state index is 0. The normalized spacial score (nSPS) is 8.85. The number of amides is 1. The minimum Gasteiger partial charge on any atom is -0.302 e. The van der Waals surface area contributed by atoms with E-state index in [0.717, 1.165) is 0 Å². The van der Waals surface area contributed by atoms with E-state index in [-0.39, 0.29) is 13.3 Å². The summed E-state index contributed by atoms with van der Waals surface area (Å²) in [5.41, 5.74) is 0. The first-order valence-electron chi connectivity index (χ1n) is 3.90. The third kappa shape index (κ3) is 4.42. The first kappa shape index (κ1) is 11.8. The van der Waals surface area contributed by atoms with Gasteiger partial charge < -0.3 is 5.32 Å². The highest BCUT2D eigenvalue weighted by molar-refractivity contribution is 7.13. The molecule has 0 aliphatic rings. The number of nitrogens with one attached hydrogen (secondary N) is 1. The standard InChI is InChI=1S/C7H10N2OS.C2H4.H2/c1-5(2)6(10)9-7-8-3-4-11-7;1-2;/h3-5H,1-2H3,(H,8,9,10);1-2H2;1H. The topological polar surface area (TPSA) is 42.0 Å². The van der Waals surface area contributed by atoms with Gasteiger partial charge in [-0.1, -0.05) is 13.8 Å². The molecule has 0 aromatic carbocycles. The predicted octanol–water partition coefficient (Wildman–Crippen LogP) is 2.79. The Balaban J connectivity index is 0. The Hall–Kier alpha value is -1.16. The summed E-state index contributed by atoms with van der Waals surface area (Å²) in [7, 11) is 0. The van der Waals surface area contributed by atoms with Gasteiger partial charge in [-0.3, -0.25) is 4.79 Å². The number of hydrogen-bond donors (Lipinski definition) is 1. The van der Waals surface area contributed by atoms with Crippen LogP contribution in [-0.4, -0.2) is 10.9 Å². The molecule has 0 fully saturated rings. The van der Waals surface area contributed by atoms with Gasteiger partial charge in [-0.05, 0) is 0 Å². The van der Waals surface area contributed by atoms with E-state index in [9.17, 15) is 4.79 Å². The molecule has 3 nitrogen and oxygen atoms in total. The Morgan fingerprint density at radius 3 is 2.69 bits per heavy atom. The van der Waals surface area contributed by atoms with E-state index in [1.54, 1.807) is 6.20 Å². The highest BCUT2D eigenvalue weighted by Gasteiger charge is 2.07. The fraction of sp³-hybridized carbons (Fsp3) is 0.333. The molecule has 0 bridgehead atoms. The number of anilines is 1. The molecule has 1 aromatic heterocycles. The molecule has 1 N–H and O–H groups in total. The zero-order chi connectivity index (χ0) is 10.3. The maximum Gasteiger partial charge on any atom is 0.228 e. The van der Waals surface area contributed by atoms with Crippen molar-refractivity contribution in [1.29, 1.82) is 0 Å². The van der Waals surface area contributed by atoms with Crippen molar-refractivity contribution in [1.82, 2.24) is 4.98 Å². The van der Waals surface area contributed by atoms with Crippen molar-refractivity contribution in [3.63, 3.8) is 0 Å². The lowest BCUT2D eigenvalue weighted by atomic mass is 10.2. The average Bonchev–Trinajstić information content (AvgIpc) is 2.60. The number of carbonyl (C=O) groups is 1. The van der Waals surface area contributed by atoms with Crippen molar-refractivity contribution in [2.45, 2.75) is 13.8 Å². The van der Waals surface area contributed by atoms with Crippen LogP contribution in [-0.2, 0) is 4.79 Å². The lowest BCUT2D eigenvalue weighted by Crippen LogP contribution is -2.17. The second-order valence-corrected chi connectivity index (χ2v) is 3.38. The predicted molar refractivity (Wildman–Crippen MR) is 58.9 cm³/mol. The van der Waals surface area contributed by atoms with E-state index < -0.39 is 0 Å². The van der Waals surface area contributed by atoms with Crippen LogP contribution in [0.2, 0.25) is 0 Å². The van der Waals surface area contributed by atoms with Crippen molar-refractivity contribution in [2.24, 2.45) is 5.92 Å². The maximum atomic E-state index is 11.1. The zero-order valence-electron chi connectivity index (χ0n) is 7.91. The SMILES string of the molecule is C=C.CC(C)C(=O)Nc1nccs1.[HH]. The third-order valence-electron chi connectivity index (χ3n) is 1.19. The van der Waals surface area contributed by atoms with Gasteiger partial charge in [0.15, 0.2) is 5.13 Å². The van der Waals surface area contributed by atoms with Crippen LogP contribution in [0.3, 0.4) is 0 Å². The number of thiazole rings is 1. The van der Waals surface area contributed by atoms with Gasteiger partial charge >= 0.3 is 0 Å². The minimum atomic E-state index is 0. The molecule has 1 amide bonds. The van der Waals surface area contributed by atoms with Crippen molar-refractivity contribution >= 4 is 22.4 Å².